The SMILES string of the molecule is NC(=O)C(Nc1ccc(Cl)c(Br)c1)c1cc(F)cc(F)c1. The molecular weight excluding hydrogens is 366 g/mol. The molecule has 2 rings (SSSR count). The molecule has 0 aromatic heterocycles. The van der Waals surface area contributed by atoms with Crippen molar-refractivity contribution >= 4 is 39.1 Å². The molecule has 3 N–H and O–H groups in total. The van der Waals surface area contributed by atoms with Gasteiger partial charge in [-0.1, -0.05) is 11.6 Å². The molecule has 0 aliphatic rings. The number of hydrogen-bond acceptors (Lipinski definition) is 2. The second kappa shape index (κ2) is 6.41. The second-order valence-corrected chi connectivity index (χ2v) is 5.57. The highest BCUT2D eigenvalue weighted by molar-refractivity contribution is 9.10. The maximum atomic E-state index is 13.3. The average molecular weight is 376 g/mol. The topological polar surface area (TPSA) is 55.1 Å². The first-order valence-electron chi connectivity index (χ1n) is 5.83. The van der Waals surface area contributed by atoms with Gasteiger partial charge in [0.05, 0.1) is 5.02 Å². The third kappa shape index (κ3) is 3.92. The molecule has 21 heavy (non-hydrogen) atoms. The standard InChI is InChI=1S/C14H10BrClF2N2O/c15-11-6-10(1-2-12(11)16)20-13(14(19)21)7-3-8(17)5-9(18)4-7/h1-6,13,20H,(H2,19,21). The summed E-state index contributed by atoms with van der Waals surface area (Å²) in [5.41, 5.74) is 5.93. The number of nitrogens with two attached hydrogens (primary N) is 1. The van der Waals surface area contributed by atoms with E-state index in [4.69, 9.17) is 17.3 Å². The van der Waals surface area contributed by atoms with E-state index in [2.05, 4.69) is 21.2 Å². The Morgan fingerprint density at radius 1 is 1.19 bits per heavy atom. The van der Waals surface area contributed by atoms with Crippen molar-refractivity contribution in [3.05, 3.63) is 63.1 Å². The van der Waals surface area contributed by atoms with E-state index in [1.165, 1.54) is 0 Å². The normalized spacial score (nSPS) is 12.0. The molecule has 1 unspecified atom stereocenters. The first kappa shape index (κ1) is 15.7. The molecule has 0 fully saturated rings. The van der Waals surface area contributed by atoms with Crippen LogP contribution in [0.4, 0.5) is 14.5 Å². The quantitative estimate of drug-likeness (QED) is 0.848. The summed E-state index contributed by atoms with van der Waals surface area (Å²) >= 11 is 9.12. The summed E-state index contributed by atoms with van der Waals surface area (Å²) in [5.74, 6) is -2.32. The lowest BCUT2D eigenvalue weighted by Gasteiger charge is -2.18. The molecular formula is C14H10BrClF2N2O. The molecule has 0 heterocycles. The number of carbonyl (C=O) groups excluding carboxylic acids is 1. The zero-order valence-corrected chi connectivity index (χ0v) is 12.9. The lowest BCUT2D eigenvalue weighted by atomic mass is 10.1. The second-order valence-electron chi connectivity index (χ2n) is 4.31. The van der Waals surface area contributed by atoms with Gasteiger partial charge in [-0.25, -0.2) is 8.78 Å². The minimum absolute atomic E-state index is 0.103. The lowest BCUT2D eigenvalue weighted by molar-refractivity contribution is -0.118. The number of carbonyl (C=O) groups is 1. The van der Waals surface area contributed by atoms with E-state index in [0.717, 1.165) is 18.2 Å². The van der Waals surface area contributed by atoms with Crippen molar-refractivity contribution in [2.24, 2.45) is 5.73 Å². The number of primary amides is 1. The van der Waals surface area contributed by atoms with E-state index in [-0.39, 0.29) is 5.56 Å². The molecule has 0 radical (unpaired) electrons. The number of nitrogens with one attached hydrogen (secondary N) is 1. The van der Waals surface area contributed by atoms with Gasteiger partial charge in [0.15, 0.2) is 0 Å². The molecule has 0 spiro atoms. The summed E-state index contributed by atoms with van der Waals surface area (Å²) in [7, 11) is 0. The van der Waals surface area contributed by atoms with Crippen LogP contribution in [0.25, 0.3) is 0 Å². The number of halogens is 4. The van der Waals surface area contributed by atoms with E-state index in [1.54, 1.807) is 18.2 Å². The van der Waals surface area contributed by atoms with Gasteiger partial charge in [-0.2, -0.15) is 0 Å². The van der Waals surface area contributed by atoms with Crippen LogP contribution < -0.4 is 11.1 Å². The van der Waals surface area contributed by atoms with Gasteiger partial charge in [-0.3, -0.25) is 4.79 Å². The third-order valence-corrected chi connectivity index (χ3v) is 3.95. The molecule has 7 heteroatoms. The molecule has 2 aromatic rings. The van der Waals surface area contributed by atoms with Crippen LogP contribution in [-0.2, 0) is 4.79 Å². The summed E-state index contributed by atoms with van der Waals surface area (Å²) in [6, 6.07) is 6.63. The van der Waals surface area contributed by atoms with Crippen LogP contribution in [0.5, 0.6) is 0 Å². The molecule has 0 aliphatic heterocycles. The minimum Gasteiger partial charge on any atom is -0.370 e. The molecule has 1 amide bonds. The Bertz CT molecular complexity index is 676. The summed E-state index contributed by atoms with van der Waals surface area (Å²) in [6.07, 6.45) is 0. The van der Waals surface area contributed by atoms with Crippen molar-refractivity contribution in [2.45, 2.75) is 6.04 Å². The highest BCUT2D eigenvalue weighted by Gasteiger charge is 2.19. The van der Waals surface area contributed by atoms with Crippen LogP contribution >= 0.6 is 27.5 Å². The lowest BCUT2D eigenvalue weighted by Crippen LogP contribution is -2.28. The Labute approximate surface area is 133 Å². The van der Waals surface area contributed by atoms with E-state index in [1.807, 2.05) is 0 Å². The smallest absolute Gasteiger partial charge is 0.244 e. The summed E-state index contributed by atoms with van der Waals surface area (Å²) < 4.78 is 27.1. The van der Waals surface area contributed by atoms with Gasteiger partial charge in [0.25, 0.3) is 0 Å². The number of hydrogen-bond donors (Lipinski definition) is 2. The van der Waals surface area contributed by atoms with Gasteiger partial charge in [0, 0.05) is 16.2 Å². The summed E-state index contributed by atoms with van der Waals surface area (Å²) in [6.45, 7) is 0. The van der Waals surface area contributed by atoms with Gasteiger partial charge in [-0.05, 0) is 51.8 Å². The van der Waals surface area contributed by atoms with Gasteiger partial charge >= 0.3 is 0 Å². The molecule has 1 atom stereocenters. The van der Waals surface area contributed by atoms with Gasteiger partial charge < -0.3 is 11.1 Å². The highest BCUT2D eigenvalue weighted by Crippen LogP contribution is 2.28. The fraction of sp³-hybridized carbons (Fsp3) is 0.0714. The molecule has 3 nitrogen and oxygen atoms in total. The predicted octanol–water partition coefficient (Wildman–Crippen LogP) is 4.02. The largest absolute Gasteiger partial charge is 0.370 e. The Hall–Kier alpha value is -1.66. The molecule has 0 aliphatic carbocycles. The molecule has 0 saturated carbocycles. The number of rotatable bonds is 4. The van der Waals surface area contributed by atoms with Gasteiger partial charge in [0.2, 0.25) is 5.91 Å². The first-order chi connectivity index (χ1) is 9.86. The van der Waals surface area contributed by atoms with Crippen molar-refractivity contribution in [3.8, 4) is 0 Å². The average Bonchev–Trinajstić information content (AvgIpc) is 2.38. The fourth-order valence-electron chi connectivity index (χ4n) is 1.81. The summed E-state index contributed by atoms with van der Waals surface area (Å²) in [5, 5.41) is 3.31. The van der Waals surface area contributed by atoms with Crippen molar-refractivity contribution in [1.29, 1.82) is 0 Å². The van der Waals surface area contributed by atoms with Gasteiger partial charge in [0.1, 0.15) is 17.7 Å². The maximum absolute atomic E-state index is 13.3. The van der Waals surface area contributed by atoms with Crippen LogP contribution in [0.3, 0.4) is 0 Å². The molecule has 110 valence electrons. The fourth-order valence-corrected chi connectivity index (χ4v) is 2.31. The summed E-state index contributed by atoms with van der Waals surface area (Å²) in [4.78, 5) is 11.6. The number of amides is 1. The minimum atomic E-state index is -1.07. The van der Waals surface area contributed by atoms with Crippen LogP contribution in [0.15, 0.2) is 40.9 Å². The maximum Gasteiger partial charge on any atom is 0.244 e. The van der Waals surface area contributed by atoms with Crippen LogP contribution in [-0.4, -0.2) is 5.91 Å². The van der Waals surface area contributed by atoms with E-state index in [9.17, 15) is 13.6 Å². The van der Waals surface area contributed by atoms with Crippen LogP contribution in [0.2, 0.25) is 5.02 Å². The predicted molar refractivity (Wildman–Crippen MR) is 81.1 cm³/mol. The van der Waals surface area contributed by atoms with Gasteiger partial charge in [-0.15, -0.1) is 0 Å². The first-order valence-corrected chi connectivity index (χ1v) is 7.01. The number of benzene rings is 2. The Morgan fingerprint density at radius 2 is 1.81 bits per heavy atom. The van der Waals surface area contributed by atoms with E-state index in [0.29, 0.717) is 15.2 Å². The van der Waals surface area contributed by atoms with E-state index >= 15 is 0 Å². The zero-order chi connectivity index (χ0) is 15.6. The van der Waals surface area contributed by atoms with Crippen LogP contribution in [0.1, 0.15) is 11.6 Å². The zero-order valence-electron chi connectivity index (χ0n) is 10.5. The molecule has 2 aromatic carbocycles. The Morgan fingerprint density at radius 3 is 2.33 bits per heavy atom. The van der Waals surface area contributed by atoms with Crippen molar-refractivity contribution < 1.29 is 13.6 Å². The Kier molecular flexibility index (Phi) is 4.80. The molecule has 0 bridgehead atoms. The third-order valence-electron chi connectivity index (χ3n) is 2.73. The van der Waals surface area contributed by atoms with E-state index < -0.39 is 23.6 Å². The monoisotopic (exact) mass is 374 g/mol. The van der Waals surface area contributed by atoms with Crippen molar-refractivity contribution in [1.82, 2.24) is 0 Å². The number of anilines is 1. The molecule has 0 saturated heterocycles. The Balaban J connectivity index is 2.35. The van der Waals surface area contributed by atoms with Crippen molar-refractivity contribution in [2.75, 3.05) is 5.32 Å². The van der Waals surface area contributed by atoms with Crippen molar-refractivity contribution in [3.63, 3.8) is 0 Å². The highest BCUT2D eigenvalue weighted by atomic mass is 79.9. The van der Waals surface area contributed by atoms with Crippen LogP contribution in [0, 0.1) is 11.6 Å².